The number of piperidine rings is 1. The number of nitrogens with zero attached hydrogens (tertiary/aromatic N) is 2. The van der Waals surface area contributed by atoms with Crippen LogP contribution in [0.2, 0.25) is 0 Å². The average molecular weight is 285 g/mol. The number of methoxy groups -OCH3 is 1. The summed E-state index contributed by atoms with van der Waals surface area (Å²) in [7, 11) is 1.77. The highest BCUT2D eigenvalue weighted by Gasteiger charge is 2.25. The molecule has 1 aliphatic rings. The van der Waals surface area contributed by atoms with Crippen LogP contribution in [0.5, 0.6) is 5.75 Å². The van der Waals surface area contributed by atoms with E-state index in [2.05, 4.69) is 9.27 Å². The van der Waals surface area contributed by atoms with E-state index in [0.717, 1.165) is 43.3 Å². The Bertz CT molecular complexity index is 401. The van der Waals surface area contributed by atoms with E-state index < -0.39 is 0 Å². The Morgan fingerprint density at radius 3 is 2.68 bits per heavy atom. The second kappa shape index (κ2) is 6.43. The first kappa shape index (κ1) is 14.4. The Morgan fingerprint density at radius 1 is 1.42 bits per heavy atom. The lowest BCUT2D eigenvalue weighted by atomic mass is 9.98. The smallest absolute Gasteiger partial charge is 0.198 e. The van der Waals surface area contributed by atoms with Crippen LogP contribution in [0.1, 0.15) is 26.7 Å². The Hall–Kier alpha value is -1.01. The summed E-state index contributed by atoms with van der Waals surface area (Å²) >= 11 is 1.43. The van der Waals surface area contributed by atoms with E-state index in [1.807, 2.05) is 13.8 Å². The van der Waals surface area contributed by atoms with Gasteiger partial charge in [0.25, 0.3) is 0 Å². The monoisotopic (exact) mass is 285 g/mol. The molecule has 2 rings (SSSR count). The maximum Gasteiger partial charge on any atom is 0.198 e. The fourth-order valence-electron chi connectivity index (χ4n) is 2.37. The lowest BCUT2D eigenvalue weighted by Crippen LogP contribution is -2.34. The van der Waals surface area contributed by atoms with E-state index in [-0.39, 0.29) is 6.10 Å². The third kappa shape index (κ3) is 3.51. The number of aromatic nitrogens is 1. The van der Waals surface area contributed by atoms with Crippen LogP contribution in [0.25, 0.3) is 0 Å². The Labute approximate surface area is 118 Å². The number of nitrogen functional groups attached to an aromatic ring is 1. The quantitative estimate of drug-likeness (QED) is 0.900. The van der Waals surface area contributed by atoms with Crippen LogP contribution in [0.4, 0.5) is 10.8 Å². The van der Waals surface area contributed by atoms with E-state index >= 15 is 0 Å². The van der Waals surface area contributed by atoms with Gasteiger partial charge in [0.2, 0.25) is 0 Å². The van der Waals surface area contributed by atoms with Gasteiger partial charge in [0.1, 0.15) is 0 Å². The van der Waals surface area contributed by atoms with Crippen LogP contribution in [0.15, 0.2) is 0 Å². The van der Waals surface area contributed by atoms with Crippen molar-refractivity contribution in [1.82, 2.24) is 4.37 Å². The molecule has 6 heteroatoms. The van der Waals surface area contributed by atoms with Gasteiger partial charge >= 0.3 is 0 Å². The maximum absolute atomic E-state index is 5.90. The van der Waals surface area contributed by atoms with Gasteiger partial charge in [0.15, 0.2) is 16.6 Å². The molecule has 1 fully saturated rings. The van der Waals surface area contributed by atoms with Gasteiger partial charge in [-0.05, 0) is 44.1 Å². The molecular formula is C13H23N3O2S. The normalized spacial score (nSPS) is 17.2. The molecule has 108 valence electrons. The second-order valence-corrected chi connectivity index (χ2v) is 6.01. The molecule has 0 radical (unpaired) electrons. The van der Waals surface area contributed by atoms with Crippen molar-refractivity contribution in [1.29, 1.82) is 0 Å². The zero-order valence-electron chi connectivity index (χ0n) is 11.9. The SMILES string of the molecule is COCC1CCN(c2snc(N)c2OC(C)C)CC1. The van der Waals surface area contributed by atoms with Gasteiger partial charge in [-0.2, -0.15) is 4.37 Å². The van der Waals surface area contributed by atoms with E-state index in [1.165, 1.54) is 11.5 Å². The molecule has 1 aromatic heterocycles. The first-order chi connectivity index (χ1) is 9.11. The predicted octanol–water partition coefficient (Wildman–Crippen LogP) is 2.38. The molecule has 0 saturated carbocycles. The van der Waals surface area contributed by atoms with E-state index in [1.54, 1.807) is 7.11 Å². The van der Waals surface area contributed by atoms with Gasteiger partial charge in [-0.3, -0.25) is 0 Å². The minimum Gasteiger partial charge on any atom is -0.484 e. The lowest BCUT2D eigenvalue weighted by Gasteiger charge is -2.32. The molecule has 5 nitrogen and oxygen atoms in total. The molecule has 0 aromatic carbocycles. The summed E-state index contributed by atoms with van der Waals surface area (Å²) in [6.07, 6.45) is 2.41. The molecule has 19 heavy (non-hydrogen) atoms. The zero-order valence-corrected chi connectivity index (χ0v) is 12.7. The number of nitrogens with two attached hydrogens (primary N) is 1. The summed E-state index contributed by atoms with van der Waals surface area (Å²) in [4.78, 5) is 2.33. The minimum absolute atomic E-state index is 0.114. The third-order valence-corrected chi connectivity index (χ3v) is 4.22. The number of rotatable bonds is 5. The highest BCUT2D eigenvalue weighted by molar-refractivity contribution is 7.11. The summed E-state index contributed by atoms with van der Waals surface area (Å²) in [5, 5.41) is 1.07. The van der Waals surface area contributed by atoms with Gasteiger partial charge in [0, 0.05) is 26.8 Å². The fraction of sp³-hybridized carbons (Fsp3) is 0.769. The van der Waals surface area contributed by atoms with Crippen molar-refractivity contribution >= 4 is 22.4 Å². The van der Waals surface area contributed by atoms with E-state index in [0.29, 0.717) is 11.7 Å². The number of anilines is 2. The molecule has 0 bridgehead atoms. The van der Waals surface area contributed by atoms with Crippen LogP contribution < -0.4 is 15.4 Å². The highest BCUT2D eigenvalue weighted by Crippen LogP contribution is 2.40. The van der Waals surface area contributed by atoms with Crippen molar-refractivity contribution in [3.63, 3.8) is 0 Å². The van der Waals surface area contributed by atoms with Crippen LogP contribution in [-0.2, 0) is 4.74 Å². The molecule has 0 atom stereocenters. The van der Waals surface area contributed by atoms with Crippen molar-refractivity contribution in [3.8, 4) is 5.75 Å². The van der Waals surface area contributed by atoms with Crippen LogP contribution in [0, 0.1) is 5.92 Å². The second-order valence-electron chi connectivity index (χ2n) is 5.25. The van der Waals surface area contributed by atoms with Crippen molar-refractivity contribution in [2.75, 3.05) is 37.4 Å². The number of ether oxygens (including phenoxy) is 2. The number of hydrogen-bond acceptors (Lipinski definition) is 6. The molecular weight excluding hydrogens is 262 g/mol. The predicted molar refractivity (Wildman–Crippen MR) is 79.1 cm³/mol. The highest BCUT2D eigenvalue weighted by atomic mass is 32.1. The molecule has 2 N–H and O–H groups in total. The molecule has 2 heterocycles. The summed E-state index contributed by atoms with van der Waals surface area (Å²) in [6.45, 7) is 6.90. The molecule has 0 amide bonds. The standard InChI is InChI=1S/C13H23N3O2S/c1-9(2)18-11-12(14)15-19-13(11)16-6-4-10(5-7-16)8-17-3/h9-10H,4-8H2,1-3H3,(H2,14,15). The van der Waals surface area contributed by atoms with E-state index in [4.69, 9.17) is 15.2 Å². The van der Waals surface area contributed by atoms with Gasteiger partial charge in [-0.1, -0.05) is 0 Å². The first-order valence-electron chi connectivity index (χ1n) is 6.77. The van der Waals surface area contributed by atoms with Crippen molar-refractivity contribution < 1.29 is 9.47 Å². The van der Waals surface area contributed by atoms with Gasteiger partial charge < -0.3 is 20.1 Å². The minimum atomic E-state index is 0.114. The third-order valence-electron chi connectivity index (χ3n) is 3.32. The number of hydrogen-bond donors (Lipinski definition) is 1. The van der Waals surface area contributed by atoms with Gasteiger partial charge in [-0.15, -0.1) is 0 Å². The summed E-state index contributed by atoms with van der Waals surface area (Å²) in [5.74, 6) is 1.93. The van der Waals surface area contributed by atoms with Gasteiger partial charge in [-0.25, -0.2) is 0 Å². The molecule has 1 aliphatic heterocycles. The Kier molecular flexibility index (Phi) is 4.87. The van der Waals surface area contributed by atoms with Gasteiger partial charge in [0.05, 0.1) is 6.10 Å². The zero-order chi connectivity index (χ0) is 13.8. The summed E-state index contributed by atoms with van der Waals surface area (Å²) in [5.41, 5.74) is 5.90. The van der Waals surface area contributed by atoms with E-state index in [9.17, 15) is 0 Å². The van der Waals surface area contributed by atoms with Crippen molar-refractivity contribution in [2.45, 2.75) is 32.8 Å². The Morgan fingerprint density at radius 2 is 2.11 bits per heavy atom. The summed E-state index contributed by atoms with van der Waals surface area (Å²) in [6, 6.07) is 0. The molecule has 1 saturated heterocycles. The molecule has 1 aromatic rings. The summed E-state index contributed by atoms with van der Waals surface area (Å²) < 4.78 is 15.3. The lowest BCUT2D eigenvalue weighted by molar-refractivity contribution is 0.139. The molecule has 0 spiro atoms. The molecule has 0 aliphatic carbocycles. The van der Waals surface area contributed by atoms with Crippen molar-refractivity contribution in [2.24, 2.45) is 5.92 Å². The topological polar surface area (TPSA) is 60.6 Å². The largest absolute Gasteiger partial charge is 0.484 e. The maximum atomic E-state index is 5.90. The average Bonchev–Trinajstić information content (AvgIpc) is 2.72. The first-order valence-corrected chi connectivity index (χ1v) is 7.54. The van der Waals surface area contributed by atoms with Crippen molar-refractivity contribution in [3.05, 3.63) is 0 Å². The fourth-order valence-corrected chi connectivity index (χ4v) is 3.17. The van der Waals surface area contributed by atoms with Crippen LogP contribution >= 0.6 is 11.5 Å². The van der Waals surface area contributed by atoms with Crippen LogP contribution in [-0.4, -0.2) is 37.3 Å². The van der Waals surface area contributed by atoms with Crippen LogP contribution in [0.3, 0.4) is 0 Å². The Balaban J connectivity index is 2.03. The molecule has 0 unspecified atom stereocenters.